The van der Waals surface area contributed by atoms with Gasteiger partial charge in [0.25, 0.3) is 5.91 Å². The zero-order valence-electron chi connectivity index (χ0n) is 20.9. The van der Waals surface area contributed by atoms with Crippen molar-refractivity contribution in [3.63, 3.8) is 0 Å². The van der Waals surface area contributed by atoms with Gasteiger partial charge in [0.15, 0.2) is 5.17 Å². The first kappa shape index (κ1) is 24.1. The number of likely N-dealkylation sites (N-methyl/N-ethyl adjacent to an activating group) is 1. The van der Waals surface area contributed by atoms with Gasteiger partial charge < -0.3 is 9.64 Å². The Morgan fingerprint density at radius 2 is 1.88 bits per heavy atom. The molecule has 4 rings (SSSR count). The highest BCUT2D eigenvalue weighted by molar-refractivity contribution is 8.18. The summed E-state index contributed by atoms with van der Waals surface area (Å²) in [5.41, 5.74) is 5.24. The van der Waals surface area contributed by atoms with E-state index in [1.807, 2.05) is 36.4 Å². The number of allylic oxidation sites excluding steroid dienone is 1. The minimum Gasteiger partial charge on any atom is -0.496 e. The normalized spacial score (nSPS) is 19.6. The monoisotopic (exact) mass is 475 g/mol. The van der Waals surface area contributed by atoms with Crippen LogP contribution >= 0.6 is 11.8 Å². The van der Waals surface area contributed by atoms with Crippen LogP contribution in [0.25, 0.3) is 11.6 Å². The van der Waals surface area contributed by atoms with E-state index in [4.69, 9.17) is 9.73 Å². The highest BCUT2D eigenvalue weighted by Crippen LogP contribution is 2.43. The van der Waals surface area contributed by atoms with E-state index in [9.17, 15) is 4.79 Å². The molecule has 0 aromatic heterocycles. The van der Waals surface area contributed by atoms with Crippen LogP contribution in [-0.4, -0.2) is 41.7 Å². The van der Waals surface area contributed by atoms with Crippen molar-refractivity contribution >= 4 is 45.9 Å². The SMILES string of the molecule is CCCN1C(=O)/C(=C\c2cc3c(cc2OC)N(CC)C(C)(C)C=C3C)SC1=Nc1ccccc1. The first-order chi connectivity index (χ1) is 16.3. The molecule has 2 aromatic carbocycles. The van der Waals surface area contributed by atoms with Crippen molar-refractivity contribution in [1.82, 2.24) is 4.90 Å². The third-order valence-corrected chi connectivity index (χ3v) is 7.25. The summed E-state index contributed by atoms with van der Waals surface area (Å²) in [7, 11) is 1.69. The molecule has 2 aromatic rings. The molecule has 0 N–H and O–H groups in total. The third kappa shape index (κ3) is 4.51. The van der Waals surface area contributed by atoms with E-state index >= 15 is 0 Å². The molecule has 2 aliphatic rings. The Bertz CT molecular complexity index is 1180. The molecule has 0 bridgehead atoms. The molecule has 0 aliphatic carbocycles. The second-order valence-electron chi connectivity index (χ2n) is 9.13. The van der Waals surface area contributed by atoms with Gasteiger partial charge >= 0.3 is 0 Å². The number of thioether (sulfide) groups is 1. The smallest absolute Gasteiger partial charge is 0.266 e. The van der Waals surface area contributed by atoms with Crippen molar-refractivity contribution in [2.75, 3.05) is 25.1 Å². The predicted octanol–water partition coefficient (Wildman–Crippen LogP) is 6.73. The molecule has 0 spiro atoms. The van der Waals surface area contributed by atoms with Crippen molar-refractivity contribution in [3.8, 4) is 5.75 Å². The molecule has 1 fully saturated rings. The van der Waals surface area contributed by atoms with Gasteiger partial charge in [-0.05, 0) is 75.7 Å². The Morgan fingerprint density at radius 3 is 2.53 bits per heavy atom. The van der Waals surface area contributed by atoms with Crippen LogP contribution in [0.15, 0.2) is 58.4 Å². The second-order valence-corrected chi connectivity index (χ2v) is 10.1. The van der Waals surface area contributed by atoms with Crippen LogP contribution in [0.3, 0.4) is 0 Å². The number of ether oxygens (including phenoxy) is 1. The molecular weight excluding hydrogens is 442 g/mol. The second kappa shape index (κ2) is 9.71. The number of carbonyl (C=O) groups excluding carboxylic acids is 1. The zero-order valence-corrected chi connectivity index (χ0v) is 21.7. The standard InChI is InChI=1S/C28H33N3O2S/c1-7-14-30-26(32)25(34-27(30)29-21-12-10-9-11-13-21)16-20-15-22-19(3)18-28(4,5)31(8-2)23(22)17-24(20)33-6/h9-13,15-18H,7-8,14H2,1-6H3/b25-16+,29-27?. The molecule has 5 nitrogen and oxygen atoms in total. The van der Waals surface area contributed by atoms with Gasteiger partial charge in [-0.2, -0.15) is 0 Å². The Labute approximate surface area is 207 Å². The highest BCUT2D eigenvalue weighted by Gasteiger charge is 2.34. The van der Waals surface area contributed by atoms with Crippen LogP contribution in [0.1, 0.15) is 52.2 Å². The number of aliphatic imine (C=N–C) groups is 1. The molecule has 178 valence electrons. The maximum absolute atomic E-state index is 13.3. The first-order valence-corrected chi connectivity index (χ1v) is 12.6. The van der Waals surface area contributed by atoms with Crippen LogP contribution in [0, 0.1) is 0 Å². The number of amides is 1. The molecule has 2 aliphatic heterocycles. The predicted molar refractivity (Wildman–Crippen MR) is 145 cm³/mol. The molecule has 0 unspecified atom stereocenters. The third-order valence-electron chi connectivity index (χ3n) is 6.25. The summed E-state index contributed by atoms with van der Waals surface area (Å²) in [4.78, 5) is 22.9. The quantitative estimate of drug-likeness (QED) is 0.435. The minimum atomic E-state index is -0.0719. The maximum atomic E-state index is 13.3. The van der Waals surface area contributed by atoms with Crippen LogP contribution in [-0.2, 0) is 4.79 Å². The molecule has 0 radical (unpaired) electrons. The van der Waals surface area contributed by atoms with E-state index in [0.717, 1.165) is 40.8 Å². The van der Waals surface area contributed by atoms with Crippen molar-refractivity contribution in [2.24, 2.45) is 4.99 Å². The molecule has 0 atom stereocenters. The molecule has 1 saturated heterocycles. The summed E-state index contributed by atoms with van der Waals surface area (Å²) in [6.45, 7) is 12.4. The number of hydrogen-bond donors (Lipinski definition) is 0. The summed E-state index contributed by atoms with van der Waals surface area (Å²) in [5, 5.41) is 0.719. The summed E-state index contributed by atoms with van der Waals surface area (Å²) < 4.78 is 5.79. The lowest BCUT2D eigenvalue weighted by Crippen LogP contribution is -2.44. The van der Waals surface area contributed by atoms with E-state index in [0.29, 0.717) is 11.4 Å². The van der Waals surface area contributed by atoms with Crippen molar-refractivity contribution in [3.05, 3.63) is 64.6 Å². The fourth-order valence-corrected chi connectivity index (χ4v) is 5.77. The number of nitrogens with zero attached hydrogens (tertiary/aromatic N) is 3. The number of fused-ring (bicyclic) bond motifs is 1. The molecule has 1 amide bonds. The average molecular weight is 476 g/mol. The summed E-state index contributed by atoms with van der Waals surface area (Å²) in [6, 6.07) is 14.0. The summed E-state index contributed by atoms with van der Waals surface area (Å²) in [5.74, 6) is 0.754. The van der Waals surface area contributed by atoms with E-state index < -0.39 is 0 Å². The zero-order chi connectivity index (χ0) is 24.5. The fourth-order valence-electron chi connectivity index (χ4n) is 4.75. The molecule has 0 saturated carbocycles. The van der Waals surface area contributed by atoms with Crippen LogP contribution < -0.4 is 9.64 Å². The summed E-state index contributed by atoms with van der Waals surface area (Å²) in [6.07, 6.45) is 5.12. The molecule has 6 heteroatoms. The van der Waals surface area contributed by atoms with Gasteiger partial charge in [0.2, 0.25) is 0 Å². The van der Waals surface area contributed by atoms with Gasteiger partial charge in [-0.3, -0.25) is 9.69 Å². The highest BCUT2D eigenvalue weighted by atomic mass is 32.2. The van der Waals surface area contributed by atoms with E-state index in [1.54, 1.807) is 12.0 Å². The van der Waals surface area contributed by atoms with Gasteiger partial charge in [0, 0.05) is 36.0 Å². The van der Waals surface area contributed by atoms with Gasteiger partial charge in [-0.25, -0.2) is 4.99 Å². The van der Waals surface area contributed by atoms with E-state index in [-0.39, 0.29) is 11.4 Å². The number of hydrogen-bond acceptors (Lipinski definition) is 5. The Morgan fingerprint density at radius 1 is 1.15 bits per heavy atom. The van der Waals surface area contributed by atoms with Gasteiger partial charge in [-0.15, -0.1) is 0 Å². The largest absolute Gasteiger partial charge is 0.496 e. The maximum Gasteiger partial charge on any atom is 0.266 e. The first-order valence-electron chi connectivity index (χ1n) is 11.8. The lowest BCUT2D eigenvalue weighted by atomic mass is 9.87. The van der Waals surface area contributed by atoms with E-state index in [1.165, 1.54) is 22.9 Å². The van der Waals surface area contributed by atoms with Crippen LogP contribution in [0.4, 0.5) is 11.4 Å². The number of carbonyl (C=O) groups is 1. The average Bonchev–Trinajstić information content (AvgIpc) is 3.08. The van der Waals surface area contributed by atoms with Gasteiger partial charge in [0.1, 0.15) is 5.75 Å². The fraction of sp³-hybridized carbons (Fsp3) is 0.357. The van der Waals surface area contributed by atoms with E-state index in [2.05, 4.69) is 57.7 Å². The number of anilines is 1. The number of para-hydroxylation sites is 1. The lowest BCUT2D eigenvalue weighted by Gasteiger charge is -2.43. The van der Waals surface area contributed by atoms with Gasteiger partial charge in [-0.1, -0.05) is 31.2 Å². The number of methoxy groups -OCH3 is 1. The van der Waals surface area contributed by atoms with Crippen molar-refractivity contribution in [2.45, 2.75) is 46.6 Å². The lowest BCUT2D eigenvalue weighted by molar-refractivity contribution is -0.122. The topological polar surface area (TPSA) is 45.1 Å². The Hall–Kier alpha value is -2.99. The van der Waals surface area contributed by atoms with Crippen molar-refractivity contribution in [1.29, 1.82) is 0 Å². The van der Waals surface area contributed by atoms with Crippen LogP contribution in [0.5, 0.6) is 5.75 Å². The van der Waals surface area contributed by atoms with Crippen LogP contribution in [0.2, 0.25) is 0 Å². The number of rotatable bonds is 6. The molecule has 2 heterocycles. The summed E-state index contributed by atoms with van der Waals surface area (Å²) >= 11 is 1.43. The Balaban J connectivity index is 1.77. The number of benzene rings is 2. The minimum absolute atomic E-state index is 0.00936. The number of amidine groups is 1. The molecule has 34 heavy (non-hydrogen) atoms. The molecular formula is C28H33N3O2S. The Kier molecular flexibility index (Phi) is 6.89. The van der Waals surface area contributed by atoms with Crippen molar-refractivity contribution < 1.29 is 9.53 Å². The van der Waals surface area contributed by atoms with Gasteiger partial charge in [0.05, 0.1) is 23.2 Å².